The number of piperidine rings is 2. The van der Waals surface area contributed by atoms with Gasteiger partial charge in [0.1, 0.15) is 12.2 Å². The van der Waals surface area contributed by atoms with Gasteiger partial charge in [-0.15, -0.1) is 0 Å². The number of hydrogen-bond acceptors (Lipinski definition) is 5. The van der Waals surface area contributed by atoms with Crippen LogP contribution in [-0.2, 0) is 0 Å². The van der Waals surface area contributed by atoms with Crippen molar-refractivity contribution >= 4 is 0 Å². The topological polar surface area (TPSA) is 34.2 Å². The average Bonchev–Trinajstić information content (AvgIpc) is 2.74. The molecular formula is C24H32N2O3. The van der Waals surface area contributed by atoms with E-state index in [4.69, 9.17) is 14.2 Å². The maximum Gasteiger partial charge on any atom is 0.169 e. The molecule has 0 spiro atoms. The molecule has 2 heterocycles. The van der Waals surface area contributed by atoms with Crippen LogP contribution < -0.4 is 14.2 Å². The lowest BCUT2D eigenvalue weighted by Crippen LogP contribution is -2.35. The van der Waals surface area contributed by atoms with E-state index in [0.29, 0.717) is 0 Å². The van der Waals surface area contributed by atoms with Gasteiger partial charge in [0, 0.05) is 26.2 Å². The molecule has 29 heavy (non-hydrogen) atoms. The molecule has 2 aromatic carbocycles. The second-order valence-electron chi connectivity index (χ2n) is 8.24. The van der Waals surface area contributed by atoms with Crippen LogP contribution in [0.1, 0.15) is 25.7 Å². The molecule has 2 saturated heterocycles. The van der Waals surface area contributed by atoms with Crippen molar-refractivity contribution < 1.29 is 14.2 Å². The summed E-state index contributed by atoms with van der Waals surface area (Å²) in [4.78, 5) is 4.69. The van der Waals surface area contributed by atoms with E-state index in [1.165, 1.54) is 0 Å². The SMILES string of the molecule is CN1CCC(Oc2ccccc2Oc2ccccc2OC2CCN(C)CC2)CC1. The first kappa shape index (κ1) is 20.0. The third-order valence-electron chi connectivity index (χ3n) is 5.84. The van der Waals surface area contributed by atoms with Gasteiger partial charge in [0.25, 0.3) is 0 Å². The summed E-state index contributed by atoms with van der Waals surface area (Å²) in [6.07, 6.45) is 4.64. The lowest BCUT2D eigenvalue weighted by Gasteiger charge is -2.30. The molecular weight excluding hydrogens is 364 g/mol. The molecule has 0 aromatic heterocycles. The van der Waals surface area contributed by atoms with E-state index in [1.807, 2.05) is 48.5 Å². The number of para-hydroxylation sites is 4. The third-order valence-corrected chi connectivity index (χ3v) is 5.84. The van der Waals surface area contributed by atoms with Gasteiger partial charge >= 0.3 is 0 Å². The minimum Gasteiger partial charge on any atom is -0.486 e. The Labute approximate surface area is 174 Å². The lowest BCUT2D eigenvalue weighted by molar-refractivity contribution is 0.108. The summed E-state index contributed by atoms with van der Waals surface area (Å²) < 4.78 is 18.9. The number of hydrogen-bond donors (Lipinski definition) is 0. The zero-order chi connectivity index (χ0) is 20.1. The zero-order valence-electron chi connectivity index (χ0n) is 17.5. The van der Waals surface area contributed by atoms with Crippen molar-refractivity contribution in [2.45, 2.75) is 37.9 Å². The smallest absolute Gasteiger partial charge is 0.169 e. The highest BCUT2D eigenvalue weighted by Gasteiger charge is 2.22. The summed E-state index contributed by atoms with van der Waals surface area (Å²) in [7, 11) is 4.32. The molecule has 4 rings (SSSR count). The van der Waals surface area contributed by atoms with Gasteiger partial charge in [-0.25, -0.2) is 0 Å². The van der Waals surface area contributed by atoms with Crippen molar-refractivity contribution in [3.8, 4) is 23.0 Å². The highest BCUT2D eigenvalue weighted by molar-refractivity contribution is 5.47. The maximum atomic E-state index is 6.31. The van der Waals surface area contributed by atoms with Crippen LogP contribution in [0.25, 0.3) is 0 Å². The quantitative estimate of drug-likeness (QED) is 0.722. The monoisotopic (exact) mass is 396 g/mol. The molecule has 0 bridgehead atoms. The Balaban J connectivity index is 1.45. The first-order chi connectivity index (χ1) is 14.2. The van der Waals surface area contributed by atoms with Crippen LogP contribution in [0.4, 0.5) is 0 Å². The fourth-order valence-electron chi connectivity index (χ4n) is 3.95. The maximum absolute atomic E-state index is 6.31. The normalized spacial score (nSPS) is 19.8. The minimum absolute atomic E-state index is 0.238. The Morgan fingerprint density at radius 2 is 0.931 bits per heavy atom. The summed E-state index contributed by atoms with van der Waals surface area (Å²) in [5.41, 5.74) is 0. The molecule has 5 nitrogen and oxygen atoms in total. The van der Waals surface area contributed by atoms with Gasteiger partial charge in [-0.1, -0.05) is 24.3 Å². The second kappa shape index (κ2) is 9.51. The molecule has 2 aliphatic heterocycles. The summed E-state index contributed by atoms with van der Waals surface area (Å²) in [6.45, 7) is 4.28. The summed E-state index contributed by atoms with van der Waals surface area (Å²) in [6, 6.07) is 15.9. The van der Waals surface area contributed by atoms with E-state index < -0.39 is 0 Å². The summed E-state index contributed by atoms with van der Waals surface area (Å²) in [5, 5.41) is 0. The largest absolute Gasteiger partial charge is 0.486 e. The lowest BCUT2D eigenvalue weighted by atomic mass is 10.1. The van der Waals surface area contributed by atoms with Crippen molar-refractivity contribution in [1.29, 1.82) is 0 Å². The molecule has 5 heteroatoms. The number of rotatable bonds is 6. The van der Waals surface area contributed by atoms with E-state index in [9.17, 15) is 0 Å². The van der Waals surface area contributed by atoms with Crippen LogP contribution in [0.5, 0.6) is 23.0 Å². The van der Waals surface area contributed by atoms with E-state index in [2.05, 4.69) is 23.9 Å². The van der Waals surface area contributed by atoms with E-state index >= 15 is 0 Å². The number of likely N-dealkylation sites (tertiary alicyclic amines) is 2. The third kappa shape index (κ3) is 5.43. The van der Waals surface area contributed by atoms with Crippen LogP contribution in [0.15, 0.2) is 48.5 Å². The van der Waals surface area contributed by atoms with Crippen molar-refractivity contribution in [3.05, 3.63) is 48.5 Å². The molecule has 0 N–H and O–H groups in total. The number of benzene rings is 2. The van der Waals surface area contributed by atoms with Crippen molar-refractivity contribution in [1.82, 2.24) is 9.80 Å². The predicted molar refractivity (Wildman–Crippen MR) is 115 cm³/mol. The van der Waals surface area contributed by atoms with Gasteiger partial charge in [-0.3, -0.25) is 0 Å². The highest BCUT2D eigenvalue weighted by atomic mass is 16.5. The summed E-state index contributed by atoms with van der Waals surface area (Å²) >= 11 is 0. The molecule has 0 radical (unpaired) electrons. The van der Waals surface area contributed by atoms with Crippen LogP contribution in [0.3, 0.4) is 0 Å². The van der Waals surface area contributed by atoms with Gasteiger partial charge < -0.3 is 24.0 Å². The zero-order valence-corrected chi connectivity index (χ0v) is 17.5. The van der Waals surface area contributed by atoms with Crippen LogP contribution in [0.2, 0.25) is 0 Å². The van der Waals surface area contributed by atoms with Gasteiger partial charge in [0.2, 0.25) is 0 Å². The Morgan fingerprint density at radius 3 is 1.31 bits per heavy atom. The first-order valence-corrected chi connectivity index (χ1v) is 10.7. The fourth-order valence-corrected chi connectivity index (χ4v) is 3.95. The Bertz CT molecular complexity index is 716. The molecule has 0 amide bonds. The van der Waals surface area contributed by atoms with Crippen molar-refractivity contribution in [2.75, 3.05) is 40.3 Å². The molecule has 2 fully saturated rings. The molecule has 0 aliphatic carbocycles. The van der Waals surface area contributed by atoms with Crippen LogP contribution in [-0.4, -0.2) is 62.3 Å². The van der Waals surface area contributed by atoms with Gasteiger partial charge in [-0.2, -0.15) is 0 Å². The number of ether oxygens (including phenoxy) is 3. The molecule has 0 atom stereocenters. The van der Waals surface area contributed by atoms with Gasteiger partial charge in [0.15, 0.2) is 23.0 Å². The highest BCUT2D eigenvalue weighted by Crippen LogP contribution is 2.38. The van der Waals surface area contributed by atoms with Crippen LogP contribution >= 0.6 is 0 Å². The van der Waals surface area contributed by atoms with Crippen molar-refractivity contribution in [2.24, 2.45) is 0 Å². The van der Waals surface area contributed by atoms with E-state index in [0.717, 1.165) is 74.9 Å². The van der Waals surface area contributed by atoms with Gasteiger partial charge in [0.05, 0.1) is 0 Å². The standard InChI is InChI=1S/C24H32N2O3/c1-25-15-11-19(12-16-25)27-21-7-3-5-9-23(21)29-24-10-6-4-8-22(24)28-20-13-17-26(2)18-14-20/h3-10,19-20H,11-18H2,1-2H3. The first-order valence-electron chi connectivity index (χ1n) is 10.7. The number of nitrogens with zero attached hydrogens (tertiary/aromatic N) is 2. The molecule has 0 saturated carbocycles. The molecule has 2 aliphatic rings. The predicted octanol–water partition coefficient (Wildman–Crippen LogP) is 4.42. The van der Waals surface area contributed by atoms with E-state index in [1.54, 1.807) is 0 Å². The minimum atomic E-state index is 0.238. The Hall–Kier alpha value is -2.24. The molecule has 0 unspecified atom stereocenters. The molecule has 2 aromatic rings. The Morgan fingerprint density at radius 1 is 0.586 bits per heavy atom. The molecule has 156 valence electrons. The second-order valence-corrected chi connectivity index (χ2v) is 8.24. The summed E-state index contributed by atoms with van der Waals surface area (Å²) in [5.74, 6) is 3.09. The Kier molecular flexibility index (Phi) is 6.57. The van der Waals surface area contributed by atoms with E-state index in [-0.39, 0.29) is 12.2 Å². The van der Waals surface area contributed by atoms with Crippen LogP contribution in [0, 0.1) is 0 Å². The van der Waals surface area contributed by atoms with Gasteiger partial charge in [-0.05, 0) is 64.0 Å². The fraction of sp³-hybridized carbons (Fsp3) is 0.500. The van der Waals surface area contributed by atoms with Crippen molar-refractivity contribution in [3.63, 3.8) is 0 Å². The average molecular weight is 397 g/mol.